The van der Waals surface area contributed by atoms with Gasteiger partial charge in [-0.3, -0.25) is 4.79 Å². The first-order chi connectivity index (χ1) is 14.8. The van der Waals surface area contributed by atoms with Crippen LogP contribution in [0.25, 0.3) is 11.0 Å². The van der Waals surface area contributed by atoms with Gasteiger partial charge in [0.2, 0.25) is 0 Å². The summed E-state index contributed by atoms with van der Waals surface area (Å²) < 4.78 is 11.1. The molecule has 3 rings (SSSR count). The highest BCUT2D eigenvalue weighted by molar-refractivity contribution is 6.05. The summed E-state index contributed by atoms with van der Waals surface area (Å²) in [6.07, 6.45) is 1.66. The second kappa shape index (κ2) is 9.79. The predicted octanol–water partition coefficient (Wildman–Crippen LogP) is 4.70. The molecule has 1 amide bonds. The number of fused-ring (bicyclic) bond motifs is 1. The lowest BCUT2D eigenvalue weighted by Gasteiger charge is -2.13. The zero-order valence-corrected chi connectivity index (χ0v) is 18.8. The Hall–Kier alpha value is -3.12. The lowest BCUT2D eigenvalue weighted by molar-refractivity contribution is 0.102. The Labute approximate surface area is 182 Å². The van der Waals surface area contributed by atoms with Crippen LogP contribution in [0.3, 0.4) is 0 Å². The van der Waals surface area contributed by atoms with Gasteiger partial charge >= 0.3 is 5.63 Å². The first-order valence-electron chi connectivity index (χ1n) is 10.5. The third kappa shape index (κ3) is 5.52. The summed E-state index contributed by atoms with van der Waals surface area (Å²) in [4.78, 5) is 27.5. The number of hydrogen-bond donors (Lipinski definition) is 1. The van der Waals surface area contributed by atoms with Crippen LogP contribution < -0.4 is 15.7 Å². The third-order valence-electron chi connectivity index (χ3n) is 5.11. The summed E-state index contributed by atoms with van der Waals surface area (Å²) in [5, 5.41) is 3.48. The Balaban J connectivity index is 1.89. The molecule has 164 valence electrons. The number of benzene rings is 2. The third-order valence-corrected chi connectivity index (χ3v) is 5.11. The number of nitrogens with one attached hydrogen (secondary N) is 1. The van der Waals surface area contributed by atoms with E-state index in [0.717, 1.165) is 30.5 Å². The normalized spacial score (nSPS) is 11.3. The van der Waals surface area contributed by atoms with Crippen LogP contribution in [0.4, 0.5) is 5.69 Å². The lowest BCUT2D eigenvalue weighted by Crippen LogP contribution is -2.21. The van der Waals surface area contributed by atoms with E-state index in [0.29, 0.717) is 28.3 Å². The summed E-state index contributed by atoms with van der Waals surface area (Å²) in [6.45, 7) is 5.09. The Kier molecular flexibility index (Phi) is 7.13. The van der Waals surface area contributed by atoms with Crippen LogP contribution in [-0.2, 0) is 13.0 Å². The van der Waals surface area contributed by atoms with Gasteiger partial charge in [0.05, 0.1) is 7.11 Å². The van der Waals surface area contributed by atoms with Crippen LogP contribution in [0.15, 0.2) is 51.7 Å². The number of anilines is 1. The molecule has 0 saturated heterocycles. The van der Waals surface area contributed by atoms with Gasteiger partial charge in [-0.15, -0.1) is 0 Å². The molecular weight excluding hydrogens is 392 g/mol. The molecule has 3 aromatic rings. The summed E-state index contributed by atoms with van der Waals surface area (Å²) in [7, 11) is 5.60. The van der Waals surface area contributed by atoms with Gasteiger partial charge in [0.1, 0.15) is 16.9 Å². The van der Waals surface area contributed by atoms with E-state index in [1.165, 1.54) is 0 Å². The molecule has 1 N–H and O–H groups in total. The molecule has 6 nitrogen and oxygen atoms in total. The van der Waals surface area contributed by atoms with Crippen molar-refractivity contribution in [2.45, 2.75) is 33.2 Å². The molecule has 0 radical (unpaired) electrons. The molecule has 0 aliphatic rings. The van der Waals surface area contributed by atoms with E-state index in [1.807, 2.05) is 50.5 Å². The standard InChI is InChI=1S/C25H30N2O4/c1-16(2)6-12-20-22(30-5)13-9-18-14-21(25(29)31-23(18)20)24(28)26-19-10-7-17(8-11-19)15-27(3)4/h7-11,13-14,16H,6,12,15H2,1-5H3,(H,26,28). The minimum absolute atomic E-state index is 0.0233. The van der Waals surface area contributed by atoms with Crippen LogP contribution in [0.1, 0.15) is 41.8 Å². The highest BCUT2D eigenvalue weighted by Gasteiger charge is 2.18. The van der Waals surface area contributed by atoms with Crippen LogP contribution in [-0.4, -0.2) is 32.0 Å². The number of nitrogens with zero attached hydrogens (tertiary/aromatic N) is 1. The fourth-order valence-electron chi connectivity index (χ4n) is 3.50. The van der Waals surface area contributed by atoms with Crippen molar-refractivity contribution in [3.05, 3.63) is 69.6 Å². The monoisotopic (exact) mass is 422 g/mol. The summed E-state index contributed by atoms with van der Waals surface area (Å²) in [5.41, 5.74) is 2.41. The van der Waals surface area contributed by atoms with E-state index in [9.17, 15) is 9.59 Å². The van der Waals surface area contributed by atoms with Crippen LogP contribution >= 0.6 is 0 Å². The van der Waals surface area contributed by atoms with Crippen molar-refractivity contribution in [3.63, 3.8) is 0 Å². The van der Waals surface area contributed by atoms with E-state index in [4.69, 9.17) is 9.15 Å². The molecule has 1 aromatic heterocycles. The Bertz CT molecular complexity index is 1110. The minimum atomic E-state index is -0.659. The molecule has 31 heavy (non-hydrogen) atoms. The van der Waals surface area contributed by atoms with Gasteiger partial charge in [0, 0.05) is 23.2 Å². The highest BCUT2D eigenvalue weighted by Crippen LogP contribution is 2.30. The number of carbonyl (C=O) groups excluding carboxylic acids is 1. The quantitative estimate of drug-likeness (QED) is 0.533. The number of rotatable bonds is 8. The number of methoxy groups -OCH3 is 1. The number of aryl methyl sites for hydroxylation is 1. The Morgan fingerprint density at radius 3 is 2.45 bits per heavy atom. The van der Waals surface area contributed by atoms with Gasteiger partial charge in [-0.05, 0) is 68.8 Å². The fraction of sp³-hybridized carbons (Fsp3) is 0.360. The molecular formula is C25H30N2O4. The van der Waals surface area contributed by atoms with E-state index in [2.05, 4.69) is 24.1 Å². The molecule has 0 unspecified atom stereocenters. The van der Waals surface area contributed by atoms with Gasteiger partial charge in [0.15, 0.2) is 0 Å². The topological polar surface area (TPSA) is 71.8 Å². The Morgan fingerprint density at radius 1 is 1.13 bits per heavy atom. The van der Waals surface area contributed by atoms with Crippen molar-refractivity contribution in [2.75, 3.05) is 26.5 Å². The number of hydrogen-bond acceptors (Lipinski definition) is 5. The summed E-state index contributed by atoms with van der Waals surface area (Å²) in [5.74, 6) is 0.697. The van der Waals surface area contributed by atoms with Gasteiger partial charge in [-0.1, -0.05) is 26.0 Å². The van der Waals surface area contributed by atoms with Crippen molar-refractivity contribution in [1.29, 1.82) is 0 Å². The molecule has 0 spiro atoms. The molecule has 0 bridgehead atoms. The van der Waals surface area contributed by atoms with Crippen molar-refractivity contribution < 1.29 is 13.9 Å². The van der Waals surface area contributed by atoms with Crippen molar-refractivity contribution in [3.8, 4) is 5.75 Å². The molecule has 0 fully saturated rings. The first-order valence-corrected chi connectivity index (χ1v) is 10.5. The number of amides is 1. The average Bonchev–Trinajstić information content (AvgIpc) is 2.72. The largest absolute Gasteiger partial charge is 0.496 e. The van der Waals surface area contributed by atoms with Crippen LogP contribution in [0.5, 0.6) is 5.75 Å². The lowest BCUT2D eigenvalue weighted by atomic mass is 9.99. The van der Waals surface area contributed by atoms with Gasteiger partial charge in [0.25, 0.3) is 5.91 Å². The average molecular weight is 423 g/mol. The number of carbonyl (C=O) groups is 1. The molecule has 0 saturated carbocycles. The second-order valence-corrected chi connectivity index (χ2v) is 8.43. The van der Waals surface area contributed by atoms with Gasteiger partial charge in [-0.25, -0.2) is 4.79 Å². The zero-order chi connectivity index (χ0) is 22.5. The van der Waals surface area contributed by atoms with Gasteiger partial charge < -0.3 is 19.4 Å². The van der Waals surface area contributed by atoms with E-state index in [1.54, 1.807) is 13.2 Å². The van der Waals surface area contributed by atoms with Crippen molar-refractivity contribution in [2.24, 2.45) is 5.92 Å². The second-order valence-electron chi connectivity index (χ2n) is 8.43. The SMILES string of the molecule is COc1ccc2cc(C(=O)Nc3ccc(CN(C)C)cc3)c(=O)oc2c1CCC(C)C. The van der Waals surface area contributed by atoms with E-state index < -0.39 is 11.5 Å². The molecule has 2 aromatic carbocycles. The maximum absolute atomic E-state index is 12.8. The van der Waals surface area contributed by atoms with Crippen molar-refractivity contribution >= 4 is 22.6 Å². The highest BCUT2D eigenvalue weighted by atomic mass is 16.5. The van der Waals surface area contributed by atoms with Crippen LogP contribution in [0.2, 0.25) is 0 Å². The first kappa shape index (κ1) is 22.6. The number of ether oxygens (including phenoxy) is 1. The van der Waals surface area contributed by atoms with Crippen molar-refractivity contribution in [1.82, 2.24) is 4.90 Å². The molecule has 6 heteroatoms. The maximum Gasteiger partial charge on any atom is 0.349 e. The van der Waals surface area contributed by atoms with Crippen LogP contribution in [0, 0.1) is 5.92 Å². The molecule has 0 atom stereocenters. The molecule has 0 aliphatic carbocycles. The fourth-order valence-corrected chi connectivity index (χ4v) is 3.50. The minimum Gasteiger partial charge on any atom is -0.496 e. The van der Waals surface area contributed by atoms with E-state index in [-0.39, 0.29) is 5.56 Å². The summed E-state index contributed by atoms with van der Waals surface area (Å²) >= 11 is 0. The van der Waals surface area contributed by atoms with Gasteiger partial charge in [-0.2, -0.15) is 0 Å². The molecule has 1 heterocycles. The zero-order valence-electron chi connectivity index (χ0n) is 18.8. The predicted molar refractivity (Wildman–Crippen MR) is 124 cm³/mol. The smallest absolute Gasteiger partial charge is 0.349 e. The maximum atomic E-state index is 12.8. The Morgan fingerprint density at radius 2 is 1.84 bits per heavy atom. The summed E-state index contributed by atoms with van der Waals surface area (Å²) in [6, 6.07) is 12.8. The van der Waals surface area contributed by atoms with E-state index >= 15 is 0 Å². The molecule has 0 aliphatic heterocycles.